The van der Waals surface area contributed by atoms with E-state index in [-0.39, 0.29) is 5.91 Å². The zero-order valence-electron chi connectivity index (χ0n) is 16.3. The van der Waals surface area contributed by atoms with Crippen molar-refractivity contribution in [1.29, 1.82) is 0 Å². The fourth-order valence-corrected chi connectivity index (χ4v) is 3.34. The fraction of sp³-hybridized carbons (Fsp3) is 0.409. The molecule has 1 fully saturated rings. The summed E-state index contributed by atoms with van der Waals surface area (Å²) in [6.07, 6.45) is 0.354. The first-order valence-electron chi connectivity index (χ1n) is 9.77. The van der Waals surface area contributed by atoms with Crippen LogP contribution in [0.5, 0.6) is 5.75 Å². The number of ether oxygens (including phenoxy) is 1. The Morgan fingerprint density at radius 2 is 1.63 bits per heavy atom. The van der Waals surface area contributed by atoms with Gasteiger partial charge in [-0.2, -0.15) is 0 Å². The highest BCUT2D eigenvalue weighted by Gasteiger charge is 2.15. The molecule has 0 unspecified atom stereocenters. The van der Waals surface area contributed by atoms with Crippen LogP contribution in [-0.4, -0.2) is 50.1 Å². The summed E-state index contributed by atoms with van der Waals surface area (Å²) in [6.45, 7) is 10.2. The van der Waals surface area contributed by atoms with Crippen molar-refractivity contribution in [3.05, 3.63) is 54.1 Å². The van der Waals surface area contributed by atoms with Crippen LogP contribution in [0.4, 0.5) is 11.4 Å². The van der Waals surface area contributed by atoms with Gasteiger partial charge in [-0.05, 0) is 55.4 Å². The van der Waals surface area contributed by atoms with Crippen molar-refractivity contribution in [2.24, 2.45) is 0 Å². The molecule has 0 aliphatic carbocycles. The Balaban J connectivity index is 1.51. The van der Waals surface area contributed by atoms with E-state index in [0.717, 1.165) is 49.7 Å². The predicted molar refractivity (Wildman–Crippen MR) is 111 cm³/mol. The van der Waals surface area contributed by atoms with Crippen molar-refractivity contribution in [2.75, 3.05) is 49.5 Å². The Kier molecular flexibility index (Phi) is 6.71. The lowest BCUT2D eigenvalue weighted by Gasteiger charge is -2.35. The quantitative estimate of drug-likeness (QED) is 0.815. The normalized spacial score (nSPS) is 14.8. The summed E-state index contributed by atoms with van der Waals surface area (Å²) >= 11 is 0. The van der Waals surface area contributed by atoms with Gasteiger partial charge in [0.2, 0.25) is 5.91 Å². The molecule has 27 heavy (non-hydrogen) atoms. The van der Waals surface area contributed by atoms with E-state index in [2.05, 4.69) is 34.2 Å². The number of hydrogen-bond acceptors (Lipinski definition) is 4. The third-order valence-corrected chi connectivity index (χ3v) is 4.93. The Morgan fingerprint density at radius 3 is 2.22 bits per heavy atom. The van der Waals surface area contributed by atoms with E-state index < -0.39 is 0 Å². The lowest BCUT2D eigenvalue weighted by atomic mass is 10.1. The molecule has 0 radical (unpaired) electrons. The molecule has 0 spiro atoms. The van der Waals surface area contributed by atoms with Gasteiger partial charge in [-0.25, -0.2) is 0 Å². The summed E-state index contributed by atoms with van der Waals surface area (Å²) in [7, 11) is 0. The largest absolute Gasteiger partial charge is 0.494 e. The van der Waals surface area contributed by atoms with Crippen molar-refractivity contribution in [1.82, 2.24) is 4.90 Å². The molecule has 0 atom stereocenters. The summed E-state index contributed by atoms with van der Waals surface area (Å²) in [5.74, 6) is 0.820. The maximum atomic E-state index is 12.3. The van der Waals surface area contributed by atoms with Gasteiger partial charge >= 0.3 is 0 Å². The van der Waals surface area contributed by atoms with Gasteiger partial charge in [0.15, 0.2) is 0 Å². The highest BCUT2D eigenvalue weighted by molar-refractivity contribution is 5.92. The van der Waals surface area contributed by atoms with Gasteiger partial charge in [-0.15, -0.1) is 0 Å². The van der Waals surface area contributed by atoms with E-state index in [1.54, 1.807) is 0 Å². The molecule has 144 valence electrons. The summed E-state index contributed by atoms with van der Waals surface area (Å²) in [5.41, 5.74) is 3.03. The molecular weight excluding hydrogens is 338 g/mol. The van der Waals surface area contributed by atoms with Crippen LogP contribution in [0.2, 0.25) is 0 Å². The van der Waals surface area contributed by atoms with Crippen molar-refractivity contribution in [3.8, 4) is 5.75 Å². The third-order valence-electron chi connectivity index (χ3n) is 4.93. The molecule has 0 bridgehead atoms. The number of anilines is 2. The van der Waals surface area contributed by atoms with Crippen molar-refractivity contribution in [3.63, 3.8) is 0 Å². The lowest BCUT2D eigenvalue weighted by Crippen LogP contribution is -2.46. The SMILES string of the molecule is CCOc1ccc(CC(=O)Nc2ccc(N3CCN(CC)CC3)cc2)cc1. The van der Waals surface area contributed by atoms with E-state index in [0.29, 0.717) is 13.0 Å². The van der Waals surface area contributed by atoms with Gasteiger partial charge in [0.25, 0.3) is 0 Å². The fourth-order valence-electron chi connectivity index (χ4n) is 3.34. The number of rotatable bonds is 7. The average molecular weight is 367 g/mol. The Labute approximate surface area is 161 Å². The Morgan fingerprint density at radius 1 is 0.963 bits per heavy atom. The zero-order chi connectivity index (χ0) is 19.1. The molecule has 1 N–H and O–H groups in total. The highest BCUT2D eigenvalue weighted by Crippen LogP contribution is 2.20. The van der Waals surface area contributed by atoms with E-state index >= 15 is 0 Å². The van der Waals surface area contributed by atoms with E-state index in [1.807, 2.05) is 43.3 Å². The molecule has 5 nitrogen and oxygen atoms in total. The van der Waals surface area contributed by atoms with Gasteiger partial charge in [0, 0.05) is 37.6 Å². The molecule has 1 saturated heterocycles. The van der Waals surface area contributed by atoms with Crippen LogP contribution in [0.15, 0.2) is 48.5 Å². The number of likely N-dealkylation sites (N-methyl/N-ethyl adjacent to an activating group) is 1. The second-order valence-corrected chi connectivity index (χ2v) is 6.77. The van der Waals surface area contributed by atoms with Crippen LogP contribution >= 0.6 is 0 Å². The molecule has 3 rings (SSSR count). The molecule has 1 heterocycles. The average Bonchev–Trinajstić information content (AvgIpc) is 2.70. The molecule has 1 amide bonds. The molecule has 5 heteroatoms. The van der Waals surface area contributed by atoms with Gasteiger partial charge < -0.3 is 19.9 Å². The first-order valence-corrected chi connectivity index (χ1v) is 9.77. The lowest BCUT2D eigenvalue weighted by molar-refractivity contribution is -0.115. The van der Waals surface area contributed by atoms with Crippen molar-refractivity contribution in [2.45, 2.75) is 20.3 Å². The predicted octanol–water partition coefficient (Wildman–Crippen LogP) is 3.41. The van der Waals surface area contributed by atoms with E-state index in [9.17, 15) is 4.79 Å². The van der Waals surface area contributed by atoms with E-state index in [1.165, 1.54) is 5.69 Å². The van der Waals surface area contributed by atoms with E-state index in [4.69, 9.17) is 4.74 Å². The number of carbonyl (C=O) groups excluding carboxylic acids is 1. The zero-order valence-corrected chi connectivity index (χ0v) is 16.3. The van der Waals surface area contributed by atoms with Crippen LogP contribution in [0, 0.1) is 0 Å². The van der Waals surface area contributed by atoms with Gasteiger partial charge in [-0.3, -0.25) is 4.79 Å². The molecule has 0 aromatic heterocycles. The maximum absolute atomic E-state index is 12.3. The second-order valence-electron chi connectivity index (χ2n) is 6.77. The first-order chi connectivity index (χ1) is 13.2. The summed E-state index contributed by atoms with van der Waals surface area (Å²) < 4.78 is 5.43. The van der Waals surface area contributed by atoms with Gasteiger partial charge in [-0.1, -0.05) is 19.1 Å². The van der Waals surface area contributed by atoms with Crippen LogP contribution in [0.3, 0.4) is 0 Å². The van der Waals surface area contributed by atoms with Crippen LogP contribution in [0.1, 0.15) is 19.4 Å². The monoisotopic (exact) mass is 367 g/mol. The Hall–Kier alpha value is -2.53. The summed E-state index contributed by atoms with van der Waals surface area (Å²) in [5, 5.41) is 2.98. The molecule has 2 aromatic carbocycles. The Bertz CT molecular complexity index is 720. The highest BCUT2D eigenvalue weighted by atomic mass is 16.5. The summed E-state index contributed by atoms with van der Waals surface area (Å²) in [4.78, 5) is 17.2. The smallest absolute Gasteiger partial charge is 0.228 e. The molecule has 1 aliphatic heterocycles. The number of piperazine rings is 1. The second kappa shape index (κ2) is 9.42. The minimum Gasteiger partial charge on any atom is -0.494 e. The minimum absolute atomic E-state index is 0.0107. The minimum atomic E-state index is -0.0107. The first kappa shape index (κ1) is 19.2. The number of benzene rings is 2. The number of carbonyl (C=O) groups is 1. The molecule has 1 aliphatic rings. The standard InChI is InChI=1S/C22H29N3O2/c1-3-24-13-15-25(16-14-24)20-9-7-19(8-10-20)23-22(26)17-18-5-11-21(12-6-18)27-4-2/h5-12H,3-4,13-17H2,1-2H3,(H,23,26). The van der Waals surface area contributed by atoms with Crippen molar-refractivity contribution < 1.29 is 9.53 Å². The van der Waals surface area contributed by atoms with Crippen LogP contribution in [-0.2, 0) is 11.2 Å². The molecule has 2 aromatic rings. The topological polar surface area (TPSA) is 44.8 Å². The maximum Gasteiger partial charge on any atom is 0.228 e. The number of hydrogen-bond donors (Lipinski definition) is 1. The molecular formula is C22H29N3O2. The van der Waals surface area contributed by atoms with Crippen LogP contribution in [0.25, 0.3) is 0 Å². The van der Waals surface area contributed by atoms with Gasteiger partial charge in [0.05, 0.1) is 13.0 Å². The number of nitrogens with zero attached hydrogens (tertiary/aromatic N) is 2. The van der Waals surface area contributed by atoms with Crippen molar-refractivity contribution >= 4 is 17.3 Å². The van der Waals surface area contributed by atoms with Crippen LogP contribution < -0.4 is 15.0 Å². The number of amides is 1. The summed E-state index contributed by atoms with van der Waals surface area (Å²) in [6, 6.07) is 15.8. The molecule has 0 saturated carbocycles. The van der Waals surface area contributed by atoms with Gasteiger partial charge in [0.1, 0.15) is 5.75 Å². The number of nitrogens with one attached hydrogen (secondary N) is 1. The third kappa shape index (κ3) is 5.47.